The molecule has 106 valence electrons. The Kier molecular flexibility index (Phi) is 4.01. The van der Waals surface area contributed by atoms with Gasteiger partial charge in [0.2, 0.25) is 0 Å². The smallest absolute Gasteiger partial charge is 0.251 e. The normalized spacial score (nSPS) is 10.7. The quantitative estimate of drug-likeness (QED) is 0.787. The minimum absolute atomic E-state index is 0.0648. The number of oxazole rings is 1. The lowest BCUT2D eigenvalue weighted by molar-refractivity contribution is 0.0954. The summed E-state index contributed by atoms with van der Waals surface area (Å²) in [6.45, 7) is 0.582. The number of carbonyl (C=O) groups is 1. The molecule has 0 saturated heterocycles. The number of amides is 1. The van der Waals surface area contributed by atoms with Crippen molar-refractivity contribution in [3.63, 3.8) is 0 Å². The molecule has 0 bridgehead atoms. The minimum Gasteiger partial charge on any atom is -0.443 e. The Bertz CT molecular complexity index is 765. The van der Waals surface area contributed by atoms with Gasteiger partial charge in [0.05, 0.1) is 0 Å². The molecule has 3 rings (SSSR count). The fourth-order valence-corrected chi connectivity index (χ4v) is 2.35. The lowest BCUT2D eigenvalue weighted by Crippen LogP contribution is -2.25. The van der Waals surface area contributed by atoms with E-state index in [1.54, 1.807) is 12.1 Å². The Balaban J connectivity index is 1.57. The second kappa shape index (κ2) is 6.10. The van der Waals surface area contributed by atoms with Gasteiger partial charge in [-0.1, -0.05) is 22.0 Å². The van der Waals surface area contributed by atoms with Gasteiger partial charge >= 0.3 is 0 Å². The number of aromatic nitrogens is 1. The summed E-state index contributed by atoms with van der Waals surface area (Å²) in [5, 5.41) is 2.91. The van der Waals surface area contributed by atoms with E-state index in [4.69, 9.17) is 4.42 Å². The maximum Gasteiger partial charge on any atom is 0.251 e. The van der Waals surface area contributed by atoms with Gasteiger partial charge in [-0.25, -0.2) is 4.98 Å². The number of nitrogens with one attached hydrogen (secondary N) is 1. The van der Waals surface area contributed by atoms with E-state index < -0.39 is 0 Å². The van der Waals surface area contributed by atoms with E-state index in [-0.39, 0.29) is 5.91 Å². The number of benzene rings is 2. The summed E-state index contributed by atoms with van der Waals surface area (Å²) in [5.41, 5.74) is 3.39. The first kappa shape index (κ1) is 13.8. The van der Waals surface area contributed by atoms with Crippen LogP contribution >= 0.6 is 15.9 Å². The molecule has 2 aromatic carbocycles. The second-order valence-corrected chi connectivity index (χ2v) is 5.58. The zero-order valence-corrected chi connectivity index (χ0v) is 12.8. The highest BCUT2D eigenvalue weighted by Gasteiger charge is 2.05. The summed E-state index contributed by atoms with van der Waals surface area (Å²) < 4.78 is 6.16. The van der Waals surface area contributed by atoms with Crippen LogP contribution in [0.15, 0.2) is 57.7 Å². The van der Waals surface area contributed by atoms with Gasteiger partial charge in [0.1, 0.15) is 5.52 Å². The molecular formula is C16H13BrN2O2. The molecule has 1 aromatic heterocycles. The van der Waals surface area contributed by atoms with E-state index in [9.17, 15) is 4.79 Å². The predicted octanol–water partition coefficient (Wildman–Crippen LogP) is 3.56. The zero-order valence-electron chi connectivity index (χ0n) is 11.2. The molecule has 0 unspecified atom stereocenters. The molecule has 0 atom stereocenters. The fourth-order valence-electron chi connectivity index (χ4n) is 2.08. The number of carbonyl (C=O) groups excluding carboxylic acids is 1. The minimum atomic E-state index is -0.0648. The molecule has 0 aliphatic heterocycles. The van der Waals surface area contributed by atoms with Crippen LogP contribution in [-0.4, -0.2) is 17.4 Å². The highest BCUT2D eigenvalue weighted by Crippen LogP contribution is 2.14. The van der Waals surface area contributed by atoms with Crippen LogP contribution in [0.4, 0.5) is 0 Å². The summed E-state index contributed by atoms with van der Waals surface area (Å²) in [5.74, 6) is -0.0648. The summed E-state index contributed by atoms with van der Waals surface area (Å²) in [6, 6.07) is 13.2. The first-order chi connectivity index (χ1) is 10.2. The Morgan fingerprint density at radius 1 is 1.19 bits per heavy atom. The molecule has 5 heteroatoms. The number of fused-ring (bicyclic) bond motifs is 1. The van der Waals surface area contributed by atoms with Crippen molar-refractivity contribution in [1.82, 2.24) is 10.3 Å². The Hall–Kier alpha value is -2.14. The van der Waals surface area contributed by atoms with E-state index in [1.807, 2.05) is 30.3 Å². The fraction of sp³-hybridized carbons (Fsp3) is 0.125. The van der Waals surface area contributed by atoms with Crippen LogP contribution < -0.4 is 5.32 Å². The van der Waals surface area contributed by atoms with Gasteiger partial charge < -0.3 is 9.73 Å². The van der Waals surface area contributed by atoms with Gasteiger partial charge in [-0.05, 0) is 48.4 Å². The molecule has 0 fully saturated rings. The van der Waals surface area contributed by atoms with E-state index in [2.05, 4.69) is 26.2 Å². The van der Waals surface area contributed by atoms with Crippen molar-refractivity contribution in [3.05, 3.63) is 64.5 Å². The predicted molar refractivity (Wildman–Crippen MR) is 84.2 cm³/mol. The molecule has 3 aromatic rings. The molecule has 0 aliphatic rings. The lowest BCUT2D eigenvalue weighted by Gasteiger charge is -2.05. The third-order valence-electron chi connectivity index (χ3n) is 3.20. The van der Waals surface area contributed by atoms with Crippen LogP contribution in [0, 0.1) is 0 Å². The van der Waals surface area contributed by atoms with E-state index in [0.717, 1.165) is 27.6 Å². The molecule has 0 radical (unpaired) electrons. The van der Waals surface area contributed by atoms with Crippen molar-refractivity contribution in [2.24, 2.45) is 0 Å². The van der Waals surface area contributed by atoms with E-state index in [0.29, 0.717) is 12.1 Å². The average molecular weight is 345 g/mol. The van der Waals surface area contributed by atoms with Crippen molar-refractivity contribution in [2.45, 2.75) is 6.42 Å². The highest BCUT2D eigenvalue weighted by atomic mass is 79.9. The Morgan fingerprint density at radius 2 is 2.00 bits per heavy atom. The lowest BCUT2D eigenvalue weighted by atomic mass is 10.1. The largest absolute Gasteiger partial charge is 0.443 e. The van der Waals surface area contributed by atoms with Gasteiger partial charge in [0.25, 0.3) is 5.91 Å². The number of nitrogens with zero attached hydrogens (tertiary/aromatic N) is 1. The summed E-state index contributed by atoms with van der Waals surface area (Å²) in [4.78, 5) is 16.1. The van der Waals surface area contributed by atoms with Crippen LogP contribution in [0.3, 0.4) is 0 Å². The molecule has 0 spiro atoms. The summed E-state index contributed by atoms with van der Waals surface area (Å²) in [7, 11) is 0. The zero-order chi connectivity index (χ0) is 14.7. The number of hydrogen-bond donors (Lipinski definition) is 1. The first-order valence-corrected chi connectivity index (χ1v) is 7.37. The van der Waals surface area contributed by atoms with Crippen molar-refractivity contribution in [3.8, 4) is 0 Å². The highest BCUT2D eigenvalue weighted by molar-refractivity contribution is 9.10. The topological polar surface area (TPSA) is 55.1 Å². The van der Waals surface area contributed by atoms with Crippen LogP contribution in [-0.2, 0) is 6.42 Å². The van der Waals surface area contributed by atoms with Gasteiger partial charge in [0, 0.05) is 16.6 Å². The Labute approximate surface area is 130 Å². The number of halogens is 1. The molecule has 1 heterocycles. The molecule has 0 aliphatic carbocycles. The molecule has 0 saturated carbocycles. The van der Waals surface area contributed by atoms with Crippen molar-refractivity contribution in [1.29, 1.82) is 0 Å². The van der Waals surface area contributed by atoms with Gasteiger partial charge in [-0.15, -0.1) is 0 Å². The monoisotopic (exact) mass is 344 g/mol. The summed E-state index contributed by atoms with van der Waals surface area (Å²) in [6.07, 6.45) is 2.19. The molecule has 21 heavy (non-hydrogen) atoms. The Morgan fingerprint density at radius 3 is 2.81 bits per heavy atom. The van der Waals surface area contributed by atoms with Crippen molar-refractivity contribution >= 4 is 32.9 Å². The van der Waals surface area contributed by atoms with E-state index >= 15 is 0 Å². The molecule has 1 amide bonds. The van der Waals surface area contributed by atoms with Gasteiger partial charge in [-0.3, -0.25) is 4.79 Å². The second-order valence-electron chi connectivity index (χ2n) is 4.67. The SMILES string of the molecule is O=C(NCCc1ccc2ocnc2c1)c1ccc(Br)cc1. The maximum absolute atomic E-state index is 12.0. The third-order valence-corrected chi connectivity index (χ3v) is 3.73. The average Bonchev–Trinajstić information content (AvgIpc) is 2.95. The van der Waals surface area contributed by atoms with Crippen LogP contribution in [0.25, 0.3) is 11.1 Å². The number of rotatable bonds is 4. The summed E-state index contributed by atoms with van der Waals surface area (Å²) >= 11 is 3.35. The first-order valence-electron chi connectivity index (χ1n) is 6.58. The molecule has 1 N–H and O–H groups in total. The van der Waals surface area contributed by atoms with Crippen molar-refractivity contribution < 1.29 is 9.21 Å². The van der Waals surface area contributed by atoms with Crippen LogP contribution in [0.2, 0.25) is 0 Å². The standard InChI is InChI=1S/C16H13BrN2O2/c17-13-4-2-12(3-5-13)16(20)18-8-7-11-1-6-15-14(9-11)19-10-21-15/h1-6,9-10H,7-8H2,(H,18,20). The molecule has 4 nitrogen and oxygen atoms in total. The van der Waals surface area contributed by atoms with Crippen LogP contribution in [0.1, 0.15) is 15.9 Å². The van der Waals surface area contributed by atoms with Gasteiger partial charge in [-0.2, -0.15) is 0 Å². The maximum atomic E-state index is 12.0. The van der Waals surface area contributed by atoms with Gasteiger partial charge in [0.15, 0.2) is 12.0 Å². The van der Waals surface area contributed by atoms with E-state index in [1.165, 1.54) is 6.39 Å². The molecular weight excluding hydrogens is 332 g/mol. The third kappa shape index (κ3) is 3.31. The van der Waals surface area contributed by atoms with Crippen molar-refractivity contribution in [2.75, 3.05) is 6.54 Å². The number of hydrogen-bond acceptors (Lipinski definition) is 3. The van der Waals surface area contributed by atoms with Crippen LogP contribution in [0.5, 0.6) is 0 Å².